The lowest BCUT2D eigenvalue weighted by molar-refractivity contribution is -0.151. The quantitative estimate of drug-likeness (QED) is 0.772. The Morgan fingerprint density at radius 3 is 1.85 bits per heavy atom. The van der Waals surface area contributed by atoms with Crippen molar-refractivity contribution in [3.8, 4) is 0 Å². The smallest absolute Gasteiger partial charge is 0.236 e. The molecule has 0 unspecified atom stereocenters. The van der Waals surface area contributed by atoms with Crippen molar-refractivity contribution >= 4 is 11.8 Å². The second-order valence-electron chi connectivity index (χ2n) is 9.65. The zero-order chi connectivity index (χ0) is 17.7. The van der Waals surface area contributed by atoms with Gasteiger partial charge in [0.15, 0.2) is 0 Å². The van der Waals surface area contributed by atoms with Gasteiger partial charge in [0.05, 0.1) is 6.54 Å². The minimum atomic E-state index is 0.281. The third kappa shape index (κ3) is 3.06. The number of rotatable bonds is 3. The number of nitrogens with zero attached hydrogens (tertiary/aromatic N) is 3. The van der Waals surface area contributed by atoms with Crippen LogP contribution in [-0.2, 0) is 9.59 Å². The predicted octanol–water partition coefficient (Wildman–Crippen LogP) is 1.83. The van der Waals surface area contributed by atoms with Gasteiger partial charge in [-0.15, -0.1) is 0 Å². The van der Waals surface area contributed by atoms with E-state index in [1.807, 2.05) is 4.90 Å². The Labute approximate surface area is 157 Å². The van der Waals surface area contributed by atoms with Crippen LogP contribution in [0.3, 0.4) is 0 Å². The van der Waals surface area contributed by atoms with E-state index < -0.39 is 0 Å². The summed E-state index contributed by atoms with van der Waals surface area (Å²) in [6, 6.07) is 0. The molecule has 6 aliphatic rings. The topological polar surface area (TPSA) is 43.9 Å². The number of piperazine rings is 1. The highest BCUT2D eigenvalue weighted by Crippen LogP contribution is 2.56. The molecule has 144 valence electrons. The summed E-state index contributed by atoms with van der Waals surface area (Å²) >= 11 is 0. The molecule has 6 rings (SSSR count). The Hall–Kier alpha value is -1.10. The second-order valence-corrected chi connectivity index (χ2v) is 9.65. The molecule has 0 aromatic rings. The molecule has 0 aromatic heterocycles. The minimum absolute atomic E-state index is 0.281. The van der Waals surface area contributed by atoms with E-state index >= 15 is 0 Å². The molecule has 0 radical (unpaired) electrons. The Balaban J connectivity index is 1.14. The second kappa shape index (κ2) is 6.81. The molecule has 5 nitrogen and oxygen atoms in total. The molecule has 6 fully saturated rings. The van der Waals surface area contributed by atoms with Crippen molar-refractivity contribution in [2.24, 2.45) is 29.6 Å². The zero-order valence-corrected chi connectivity index (χ0v) is 15.9. The number of hydrogen-bond donors (Lipinski definition) is 0. The van der Waals surface area contributed by atoms with Crippen molar-refractivity contribution in [1.29, 1.82) is 0 Å². The first-order valence-corrected chi connectivity index (χ1v) is 11.0. The van der Waals surface area contributed by atoms with Crippen LogP contribution in [0, 0.1) is 29.6 Å². The van der Waals surface area contributed by atoms with Crippen LogP contribution in [0.1, 0.15) is 44.9 Å². The van der Waals surface area contributed by atoms with Crippen LogP contribution in [0.2, 0.25) is 0 Å². The van der Waals surface area contributed by atoms with Gasteiger partial charge in [-0.25, -0.2) is 0 Å². The SMILES string of the molecule is O=C(CN1CCN(C(=O)C2C3CC4CC(C3)CC2C4)CC1)N1CCCC1. The highest BCUT2D eigenvalue weighted by atomic mass is 16.2. The van der Waals surface area contributed by atoms with Crippen molar-refractivity contribution < 1.29 is 9.59 Å². The van der Waals surface area contributed by atoms with E-state index in [4.69, 9.17) is 0 Å². The highest BCUT2D eigenvalue weighted by molar-refractivity contribution is 5.80. The Bertz CT molecular complexity index is 536. The standard InChI is InChI=1S/C21H33N3O2/c25-19(23-3-1-2-4-23)14-22-5-7-24(8-6-22)21(26)20-17-10-15-9-16(12-17)13-18(20)11-15/h15-18,20H,1-14H2. The summed E-state index contributed by atoms with van der Waals surface area (Å²) in [4.78, 5) is 32.0. The van der Waals surface area contributed by atoms with E-state index in [2.05, 4.69) is 9.80 Å². The number of amides is 2. The summed E-state index contributed by atoms with van der Waals surface area (Å²) in [5, 5.41) is 0. The third-order valence-electron chi connectivity index (χ3n) is 8.01. The van der Waals surface area contributed by atoms with Crippen molar-refractivity contribution in [3.63, 3.8) is 0 Å². The maximum Gasteiger partial charge on any atom is 0.236 e. The Morgan fingerprint density at radius 2 is 1.27 bits per heavy atom. The molecular weight excluding hydrogens is 326 g/mol. The summed E-state index contributed by atoms with van der Waals surface area (Å²) in [7, 11) is 0. The lowest BCUT2D eigenvalue weighted by Gasteiger charge is -2.54. The van der Waals surface area contributed by atoms with Crippen LogP contribution in [-0.4, -0.2) is 72.3 Å². The minimum Gasteiger partial charge on any atom is -0.342 e. The van der Waals surface area contributed by atoms with E-state index in [9.17, 15) is 9.59 Å². The Morgan fingerprint density at radius 1 is 0.692 bits per heavy atom. The summed E-state index contributed by atoms with van der Waals surface area (Å²) in [5.74, 6) is 4.25. The molecule has 4 aliphatic carbocycles. The lowest BCUT2D eigenvalue weighted by Crippen LogP contribution is -2.56. The van der Waals surface area contributed by atoms with Gasteiger partial charge in [0.25, 0.3) is 0 Å². The van der Waals surface area contributed by atoms with Gasteiger partial charge in [-0.3, -0.25) is 14.5 Å². The number of hydrogen-bond acceptors (Lipinski definition) is 3. The zero-order valence-electron chi connectivity index (χ0n) is 15.9. The van der Waals surface area contributed by atoms with Gasteiger partial charge in [0.1, 0.15) is 0 Å². The first kappa shape index (κ1) is 17.0. The van der Waals surface area contributed by atoms with Gasteiger partial charge in [-0.05, 0) is 68.6 Å². The van der Waals surface area contributed by atoms with E-state index in [1.165, 1.54) is 32.1 Å². The fourth-order valence-electron chi connectivity index (χ4n) is 6.92. The number of likely N-dealkylation sites (tertiary alicyclic amines) is 1. The predicted molar refractivity (Wildman–Crippen MR) is 99.4 cm³/mol. The van der Waals surface area contributed by atoms with Crippen molar-refractivity contribution in [1.82, 2.24) is 14.7 Å². The van der Waals surface area contributed by atoms with Crippen molar-refractivity contribution in [3.05, 3.63) is 0 Å². The number of carbonyl (C=O) groups excluding carboxylic acids is 2. The molecule has 4 saturated carbocycles. The first-order chi connectivity index (χ1) is 12.7. The van der Waals surface area contributed by atoms with Crippen LogP contribution < -0.4 is 0 Å². The summed E-state index contributed by atoms with van der Waals surface area (Å²) < 4.78 is 0. The molecule has 4 bridgehead atoms. The molecule has 0 spiro atoms. The van der Waals surface area contributed by atoms with E-state index in [1.54, 1.807) is 0 Å². The maximum absolute atomic E-state index is 13.3. The fourth-order valence-corrected chi connectivity index (χ4v) is 6.92. The third-order valence-corrected chi connectivity index (χ3v) is 8.01. The average Bonchev–Trinajstić information content (AvgIpc) is 3.16. The monoisotopic (exact) mass is 359 g/mol. The fraction of sp³-hybridized carbons (Fsp3) is 0.905. The maximum atomic E-state index is 13.3. The highest BCUT2D eigenvalue weighted by Gasteiger charge is 2.51. The average molecular weight is 360 g/mol. The van der Waals surface area contributed by atoms with Gasteiger partial charge in [0.2, 0.25) is 11.8 Å². The first-order valence-electron chi connectivity index (χ1n) is 11.0. The van der Waals surface area contributed by atoms with Gasteiger partial charge < -0.3 is 9.80 Å². The van der Waals surface area contributed by atoms with Crippen LogP contribution in [0.25, 0.3) is 0 Å². The molecule has 2 heterocycles. The molecule has 0 atom stereocenters. The van der Waals surface area contributed by atoms with Gasteiger partial charge in [-0.1, -0.05) is 0 Å². The van der Waals surface area contributed by atoms with Gasteiger partial charge in [-0.2, -0.15) is 0 Å². The number of carbonyl (C=O) groups is 2. The largest absolute Gasteiger partial charge is 0.342 e. The normalized spacial score (nSPS) is 39.6. The molecule has 5 heteroatoms. The van der Waals surface area contributed by atoms with E-state index in [0.717, 1.165) is 63.9 Å². The summed E-state index contributed by atoms with van der Waals surface area (Å²) in [6.07, 6.45) is 9.00. The van der Waals surface area contributed by atoms with E-state index in [-0.39, 0.29) is 5.91 Å². The lowest BCUT2D eigenvalue weighted by atomic mass is 9.51. The van der Waals surface area contributed by atoms with Crippen molar-refractivity contribution in [2.75, 3.05) is 45.8 Å². The van der Waals surface area contributed by atoms with Gasteiger partial charge in [0, 0.05) is 45.2 Å². The van der Waals surface area contributed by atoms with Crippen LogP contribution in [0.5, 0.6) is 0 Å². The molecule has 0 N–H and O–H groups in total. The van der Waals surface area contributed by atoms with Crippen molar-refractivity contribution in [2.45, 2.75) is 44.9 Å². The molecule has 2 aliphatic heterocycles. The summed E-state index contributed by atoms with van der Waals surface area (Å²) in [5.41, 5.74) is 0. The summed E-state index contributed by atoms with van der Waals surface area (Å²) in [6.45, 7) is 5.76. The molecular formula is C21H33N3O2. The van der Waals surface area contributed by atoms with E-state index in [0.29, 0.717) is 30.2 Å². The van der Waals surface area contributed by atoms with Crippen LogP contribution in [0.15, 0.2) is 0 Å². The van der Waals surface area contributed by atoms with Crippen LogP contribution >= 0.6 is 0 Å². The van der Waals surface area contributed by atoms with Crippen LogP contribution in [0.4, 0.5) is 0 Å². The van der Waals surface area contributed by atoms with Gasteiger partial charge >= 0.3 is 0 Å². The molecule has 2 amide bonds. The molecule has 2 saturated heterocycles. The molecule has 0 aromatic carbocycles. The Kier molecular flexibility index (Phi) is 4.46. The molecule has 26 heavy (non-hydrogen) atoms.